The lowest BCUT2D eigenvalue weighted by Crippen LogP contribution is -2.20. The van der Waals surface area contributed by atoms with Crippen molar-refractivity contribution in [3.63, 3.8) is 0 Å². The number of ether oxygens (including phenoxy) is 1. The summed E-state index contributed by atoms with van der Waals surface area (Å²) in [5.41, 5.74) is 0.980. The standard InChI is InChI=1S/C13H20O2/c1-2-3-4-8-11-10-7-5-6-9-12(10)15-13(11)14/h8,10,12H,2-7,9H2,1H3/t10-,12+/m0/s1. The highest BCUT2D eigenvalue weighted by molar-refractivity contribution is 5.91. The molecule has 1 heterocycles. The van der Waals surface area contributed by atoms with Gasteiger partial charge in [-0.15, -0.1) is 0 Å². The van der Waals surface area contributed by atoms with Crippen molar-refractivity contribution in [2.24, 2.45) is 5.92 Å². The van der Waals surface area contributed by atoms with E-state index in [9.17, 15) is 4.79 Å². The topological polar surface area (TPSA) is 26.3 Å². The Bertz CT molecular complexity index is 268. The summed E-state index contributed by atoms with van der Waals surface area (Å²) >= 11 is 0. The van der Waals surface area contributed by atoms with Crippen LogP contribution in [0.15, 0.2) is 11.6 Å². The van der Waals surface area contributed by atoms with Gasteiger partial charge in [-0.2, -0.15) is 0 Å². The minimum Gasteiger partial charge on any atom is -0.458 e. The third-order valence-electron chi connectivity index (χ3n) is 3.52. The highest BCUT2D eigenvalue weighted by Gasteiger charge is 2.40. The second-order valence-electron chi connectivity index (χ2n) is 4.64. The Balaban J connectivity index is 2.02. The molecule has 2 fully saturated rings. The van der Waals surface area contributed by atoms with Gasteiger partial charge in [0.2, 0.25) is 0 Å². The van der Waals surface area contributed by atoms with Gasteiger partial charge >= 0.3 is 5.97 Å². The molecule has 0 aromatic rings. The number of esters is 1. The maximum atomic E-state index is 11.6. The first-order valence-electron chi connectivity index (χ1n) is 6.24. The molecule has 0 amide bonds. The molecule has 2 atom stereocenters. The van der Waals surface area contributed by atoms with Crippen LogP contribution in [0.25, 0.3) is 0 Å². The number of carbonyl (C=O) groups is 1. The van der Waals surface area contributed by atoms with E-state index in [4.69, 9.17) is 4.74 Å². The molecule has 1 saturated carbocycles. The van der Waals surface area contributed by atoms with E-state index in [1.165, 1.54) is 25.7 Å². The van der Waals surface area contributed by atoms with Gasteiger partial charge in [-0.1, -0.05) is 32.3 Å². The second-order valence-corrected chi connectivity index (χ2v) is 4.64. The van der Waals surface area contributed by atoms with Gasteiger partial charge in [0.25, 0.3) is 0 Å². The third-order valence-corrected chi connectivity index (χ3v) is 3.52. The van der Waals surface area contributed by atoms with Crippen molar-refractivity contribution in [3.8, 4) is 0 Å². The van der Waals surface area contributed by atoms with Crippen molar-refractivity contribution in [1.82, 2.24) is 0 Å². The number of unbranched alkanes of at least 4 members (excludes halogenated alkanes) is 2. The zero-order valence-corrected chi connectivity index (χ0v) is 9.50. The molecule has 0 spiro atoms. The van der Waals surface area contributed by atoms with Crippen LogP contribution in [0.4, 0.5) is 0 Å². The van der Waals surface area contributed by atoms with Gasteiger partial charge in [0.1, 0.15) is 6.10 Å². The monoisotopic (exact) mass is 208 g/mol. The summed E-state index contributed by atoms with van der Waals surface area (Å²) in [6, 6.07) is 0. The summed E-state index contributed by atoms with van der Waals surface area (Å²) in [5.74, 6) is 0.381. The normalized spacial score (nSPS) is 32.9. The summed E-state index contributed by atoms with van der Waals surface area (Å²) in [7, 11) is 0. The molecule has 1 aliphatic carbocycles. The molecule has 0 radical (unpaired) electrons. The highest BCUT2D eigenvalue weighted by Crippen LogP contribution is 2.38. The van der Waals surface area contributed by atoms with E-state index in [2.05, 4.69) is 13.0 Å². The predicted molar refractivity (Wildman–Crippen MR) is 59.4 cm³/mol. The highest BCUT2D eigenvalue weighted by atomic mass is 16.6. The molecule has 0 unspecified atom stereocenters. The largest absolute Gasteiger partial charge is 0.458 e. The number of hydrogen-bond donors (Lipinski definition) is 0. The SMILES string of the molecule is CCCCC=C1C(=O)O[C@@H]2CCCC[C@@H]12. The summed E-state index contributed by atoms with van der Waals surface area (Å²) in [4.78, 5) is 11.6. The van der Waals surface area contributed by atoms with Gasteiger partial charge in [0.15, 0.2) is 0 Å². The van der Waals surface area contributed by atoms with Crippen LogP contribution < -0.4 is 0 Å². The number of fused-ring (bicyclic) bond motifs is 1. The Morgan fingerprint density at radius 3 is 3.00 bits per heavy atom. The van der Waals surface area contributed by atoms with Crippen LogP contribution >= 0.6 is 0 Å². The molecule has 1 aliphatic heterocycles. The van der Waals surface area contributed by atoms with Gasteiger partial charge in [0.05, 0.1) is 0 Å². The van der Waals surface area contributed by atoms with E-state index in [0.29, 0.717) is 5.92 Å². The average Bonchev–Trinajstić information content (AvgIpc) is 2.56. The fourth-order valence-electron chi connectivity index (χ4n) is 2.65. The summed E-state index contributed by atoms with van der Waals surface area (Å²) in [5, 5.41) is 0. The molecular weight excluding hydrogens is 188 g/mol. The smallest absolute Gasteiger partial charge is 0.334 e. The zero-order chi connectivity index (χ0) is 10.7. The molecule has 84 valence electrons. The van der Waals surface area contributed by atoms with Gasteiger partial charge in [-0.05, 0) is 25.7 Å². The molecule has 1 saturated heterocycles. The maximum Gasteiger partial charge on any atom is 0.334 e. The van der Waals surface area contributed by atoms with E-state index >= 15 is 0 Å². The van der Waals surface area contributed by atoms with Crippen LogP contribution in [0.1, 0.15) is 51.9 Å². The van der Waals surface area contributed by atoms with Crippen LogP contribution in [-0.4, -0.2) is 12.1 Å². The fourth-order valence-corrected chi connectivity index (χ4v) is 2.65. The van der Waals surface area contributed by atoms with Gasteiger partial charge in [0, 0.05) is 11.5 Å². The van der Waals surface area contributed by atoms with E-state index in [-0.39, 0.29) is 12.1 Å². The minimum atomic E-state index is -0.0389. The minimum absolute atomic E-state index is 0.0389. The van der Waals surface area contributed by atoms with E-state index in [0.717, 1.165) is 24.8 Å². The predicted octanol–water partition coefficient (Wildman–Crippen LogP) is 3.22. The summed E-state index contributed by atoms with van der Waals surface area (Å²) in [6.07, 6.45) is 10.4. The molecule has 2 nitrogen and oxygen atoms in total. The van der Waals surface area contributed by atoms with Gasteiger partial charge < -0.3 is 4.74 Å². The number of hydrogen-bond acceptors (Lipinski definition) is 2. The molecule has 2 aliphatic rings. The van der Waals surface area contributed by atoms with Crippen molar-refractivity contribution in [1.29, 1.82) is 0 Å². The van der Waals surface area contributed by atoms with Crippen molar-refractivity contribution in [2.75, 3.05) is 0 Å². The first kappa shape index (κ1) is 10.7. The summed E-state index contributed by atoms with van der Waals surface area (Å²) in [6.45, 7) is 2.18. The van der Waals surface area contributed by atoms with Crippen molar-refractivity contribution in [2.45, 2.75) is 58.0 Å². The molecule has 2 rings (SSSR count). The molecule has 0 N–H and O–H groups in total. The number of allylic oxidation sites excluding steroid dienone is 1. The molecule has 0 aromatic carbocycles. The van der Waals surface area contributed by atoms with Crippen molar-refractivity contribution in [3.05, 3.63) is 11.6 Å². The maximum absolute atomic E-state index is 11.6. The fraction of sp³-hybridized carbons (Fsp3) is 0.769. The van der Waals surface area contributed by atoms with Crippen LogP contribution in [0.3, 0.4) is 0 Å². The van der Waals surface area contributed by atoms with Gasteiger partial charge in [-0.3, -0.25) is 0 Å². The van der Waals surface area contributed by atoms with Crippen LogP contribution in [-0.2, 0) is 9.53 Å². The molecule has 2 heteroatoms. The lowest BCUT2D eigenvalue weighted by molar-refractivity contribution is -0.139. The van der Waals surface area contributed by atoms with Gasteiger partial charge in [-0.25, -0.2) is 4.79 Å². The Hall–Kier alpha value is -0.790. The van der Waals surface area contributed by atoms with Crippen LogP contribution in [0.2, 0.25) is 0 Å². The first-order valence-corrected chi connectivity index (χ1v) is 6.24. The van der Waals surface area contributed by atoms with Crippen LogP contribution in [0.5, 0.6) is 0 Å². The Labute approximate surface area is 91.7 Å². The van der Waals surface area contributed by atoms with E-state index in [1.807, 2.05) is 0 Å². The summed E-state index contributed by atoms with van der Waals surface area (Å²) < 4.78 is 5.40. The Kier molecular flexibility index (Phi) is 3.45. The first-order chi connectivity index (χ1) is 7.33. The molecule has 15 heavy (non-hydrogen) atoms. The molecular formula is C13H20O2. The van der Waals surface area contributed by atoms with Crippen molar-refractivity contribution < 1.29 is 9.53 Å². The molecule has 0 aromatic heterocycles. The quantitative estimate of drug-likeness (QED) is 0.404. The van der Waals surface area contributed by atoms with E-state index in [1.54, 1.807) is 0 Å². The zero-order valence-electron chi connectivity index (χ0n) is 9.50. The Morgan fingerprint density at radius 2 is 2.20 bits per heavy atom. The molecule has 0 bridgehead atoms. The van der Waals surface area contributed by atoms with E-state index < -0.39 is 0 Å². The second kappa shape index (κ2) is 4.82. The number of carbonyl (C=O) groups excluding carboxylic acids is 1. The number of rotatable bonds is 3. The third kappa shape index (κ3) is 2.24. The lowest BCUT2D eigenvalue weighted by atomic mass is 9.83. The lowest BCUT2D eigenvalue weighted by Gasteiger charge is -2.22. The van der Waals surface area contributed by atoms with Crippen LogP contribution in [0, 0.1) is 5.92 Å². The van der Waals surface area contributed by atoms with Crippen molar-refractivity contribution >= 4 is 5.97 Å². The Morgan fingerprint density at radius 1 is 1.40 bits per heavy atom. The average molecular weight is 208 g/mol.